The summed E-state index contributed by atoms with van der Waals surface area (Å²) >= 11 is 0. The number of hydrogen-bond donors (Lipinski definition) is 2. The van der Waals surface area contributed by atoms with Gasteiger partial charge in [0.15, 0.2) is 12.2 Å². The summed E-state index contributed by atoms with van der Waals surface area (Å²) in [5, 5.41) is 17.2. The van der Waals surface area contributed by atoms with Gasteiger partial charge in [-0.05, 0) is 0 Å². The lowest BCUT2D eigenvalue weighted by molar-refractivity contribution is 0.0776. The zero-order valence-electron chi connectivity index (χ0n) is 4.69. The number of nitrogens with zero attached hydrogens (tertiary/aromatic N) is 1. The van der Waals surface area contributed by atoms with Crippen LogP contribution < -0.4 is 0 Å². The average Bonchev–Trinajstić information content (AvgIpc) is 2.37. The molecule has 0 spiro atoms. The van der Waals surface area contributed by atoms with Crippen LogP contribution in [0.1, 0.15) is 11.9 Å². The monoisotopic (exact) mass is 129 g/mol. The van der Waals surface area contributed by atoms with Gasteiger partial charge in [0.25, 0.3) is 0 Å². The van der Waals surface area contributed by atoms with Crippen LogP contribution in [-0.2, 0) is 0 Å². The Hall–Kier alpha value is -0.870. The van der Waals surface area contributed by atoms with Gasteiger partial charge in [-0.15, -0.1) is 0 Å². The molecule has 0 bridgehead atoms. The Labute approximate surface area is 51.8 Å². The molecule has 4 nitrogen and oxygen atoms in total. The molecule has 1 heterocycles. The Morgan fingerprint density at radius 2 is 2.56 bits per heavy atom. The van der Waals surface area contributed by atoms with E-state index in [-0.39, 0.29) is 12.4 Å². The Bertz CT molecular complexity index is 161. The molecule has 1 aromatic heterocycles. The van der Waals surface area contributed by atoms with E-state index in [1.165, 1.54) is 12.6 Å². The molecule has 50 valence electrons. The summed E-state index contributed by atoms with van der Waals surface area (Å²) in [4.78, 5) is 3.55. The van der Waals surface area contributed by atoms with Gasteiger partial charge in [0.05, 0.1) is 12.8 Å². The minimum Gasteiger partial charge on any atom is -0.446 e. The van der Waals surface area contributed by atoms with E-state index in [0.29, 0.717) is 0 Å². The van der Waals surface area contributed by atoms with Crippen LogP contribution in [0.3, 0.4) is 0 Å². The molecule has 0 saturated heterocycles. The second-order valence-electron chi connectivity index (χ2n) is 1.60. The summed E-state index contributed by atoms with van der Waals surface area (Å²) in [6.07, 6.45) is 1.63. The third kappa shape index (κ3) is 1.28. The fourth-order valence-corrected chi connectivity index (χ4v) is 0.480. The van der Waals surface area contributed by atoms with Gasteiger partial charge in [-0.2, -0.15) is 0 Å². The summed E-state index contributed by atoms with van der Waals surface area (Å²) in [5.74, 6) is 0.289. The highest BCUT2D eigenvalue weighted by Gasteiger charge is 2.07. The molecule has 0 aliphatic rings. The summed E-state index contributed by atoms with van der Waals surface area (Å²) < 4.78 is 4.67. The number of aliphatic hydroxyl groups is 2. The van der Waals surface area contributed by atoms with Crippen molar-refractivity contribution < 1.29 is 14.6 Å². The molecule has 0 aliphatic carbocycles. The molecule has 0 radical (unpaired) electrons. The second kappa shape index (κ2) is 2.61. The van der Waals surface area contributed by atoms with Crippen LogP contribution in [0.5, 0.6) is 0 Å². The molecule has 1 unspecified atom stereocenters. The van der Waals surface area contributed by atoms with E-state index < -0.39 is 6.10 Å². The van der Waals surface area contributed by atoms with E-state index >= 15 is 0 Å². The van der Waals surface area contributed by atoms with Gasteiger partial charge in [-0.3, -0.25) is 0 Å². The molecule has 2 N–H and O–H groups in total. The first-order valence-electron chi connectivity index (χ1n) is 2.52. The molecule has 9 heavy (non-hydrogen) atoms. The smallest absolute Gasteiger partial charge is 0.180 e. The Morgan fingerprint density at radius 1 is 1.78 bits per heavy atom. The first-order valence-corrected chi connectivity index (χ1v) is 2.52. The summed E-state index contributed by atoms with van der Waals surface area (Å²) in [6, 6.07) is 0. The van der Waals surface area contributed by atoms with Crippen molar-refractivity contribution in [1.82, 2.24) is 4.98 Å². The highest BCUT2D eigenvalue weighted by atomic mass is 16.4. The SMILES string of the molecule is OCC(O)c1cnco1. The summed E-state index contributed by atoms with van der Waals surface area (Å²) in [5.41, 5.74) is 0. The molecule has 1 aromatic rings. The molecule has 1 rings (SSSR count). The van der Waals surface area contributed by atoms with Crippen LogP contribution in [0.25, 0.3) is 0 Å². The molecular formula is C5H7NO3. The van der Waals surface area contributed by atoms with Crippen molar-refractivity contribution >= 4 is 0 Å². The normalized spacial score (nSPS) is 13.6. The van der Waals surface area contributed by atoms with Gasteiger partial charge in [0, 0.05) is 0 Å². The average molecular weight is 129 g/mol. The van der Waals surface area contributed by atoms with Gasteiger partial charge in [0.2, 0.25) is 0 Å². The van der Waals surface area contributed by atoms with Crippen molar-refractivity contribution in [3.63, 3.8) is 0 Å². The molecule has 0 saturated carbocycles. The molecule has 0 aliphatic heterocycles. The van der Waals surface area contributed by atoms with Crippen LogP contribution >= 0.6 is 0 Å². The highest BCUT2D eigenvalue weighted by molar-refractivity contribution is 4.92. The zero-order valence-corrected chi connectivity index (χ0v) is 4.69. The van der Waals surface area contributed by atoms with E-state index in [2.05, 4.69) is 9.40 Å². The maximum atomic E-state index is 8.83. The second-order valence-corrected chi connectivity index (χ2v) is 1.60. The summed E-state index contributed by atoms with van der Waals surface area (Å²) in [6.45, 7) is -0.338. The van der Waals surface area contributed by atoms with Crippen molar-refractivity contribution in [2.45, 2.75) is 6.10 Å². The van der Waals surface area contributed by atoms with Crippen molar-refractivity contribution in [3.05, 3.63) is 18.4 Å². The number of aliphatic hydroxyl groups excluding tert-OH is 2. The van der Waals surface area contributed by atoms with Crippen LogP contribution in [0.4, 0.5) is 0 Å². The fourth-order valence-electron chi connectivity index (χ4n) is 0.480. The minimum atomic E-state index is -0.938. The standard InChI is InChI=1S/C5H7NO3/c7-2-4(8)5-1-6-3-9-5/h1,3-4,7-8H,2H2. The van der Waals surface area contributed by atoms with Crippen molar-refractivity contribution in [3.8, 4) is 0 Å². The third-order valence-electron chi connectivity index (χ3n) is 0.953. The van der Waals surface area contributed by atoms with E-state index in [1.807, 2.05) is 0 Å². The molecule has 1 atom stereocenters. The van der Waals surface area contributed by atoms with Gasteiger partial charge in [0.1, 0.15) is 6.10 Å². The van der Waals surface area contributed by atoms with Gasteiger partial charge in [-0.25, -0.2) is 4.98 Å². The molecule has 0 amide bonds. The van der Waals surface area contributed by atoms with Crippen molar-refractivity contribution in [1.29, 1.82) is 0 Å². The molecule has 4 heteroatoms. The lowest BCUT2D eigenvalue weighted by Crippen LogP contribution is -1.99. The minimum absolute atomic E-state index is 0.289. The lowest BCUT2D eigenvalue weighted by Gasteiger charge is -1.98. The fraction of sp³-hybridized carbons (Fsp3) is 0.400. The quantitative estimate of drug-likeness (QED) is 0.575. The predicted molar refractivity (Wildman–Crippen MR) is 28.5 cm³/mol. The van der Waals surface area contributed by atoms with Gasteiger partial charge >= 0.3 is 0 Å². The Morgan fingerprint density at radius 3 is 3.00 bits per heavy atom. The Kier molecular flexibility index (Phi) is 1.81. The van der Waals surface area contributed by atoms with Crippen LogP contribution in [0, 0.1) is 0 Å². The predicted octanol–water partition coefficient (Wildman–Crippen LogP) is -0.300. The Balaban J connectivity index is 2.65. The largest absolute Gasteiger partial charge is 0.446 e. The van der Waals surface area contributed by atoms with E-state index in [1.54, 1.807) is 0 Å². The van der Waals surface area contributed by atoms with Crippen LogP contribution in [0.15, 0.2) is 17.0 Å². The highest BCUT2D eigenvalue weighted by Crippen LogP contribution is 2.08. The van der Waals surface area contributed by atoms with E-state index in [4.69, 9.17) is 10.2 Å². The molecule has 0 fully saturated rings. The van der Waals surface area contributed by atoms with Gasteiger partial charge < -0.3 is 14.6 Å². The number of aromatic nitrogens is 1. The topological polar surface area (TPSA) is 66.5 Å². The number of hydrogen-bond acceptors (Lipinski definition) is 4. The number of oxazole rings is 1. The molecule has 0 aromatic carbocycles. The van der Waals surface area contributed by atoms with Crippen LogP contribution in [-0.4, -0.2) is 21.8 Å². The maximum Gasteiger partial charge on any atom is 0.180 e. The van der Waals surface area contributed by atoms with Crippen molar-refractivity contribution in [2.75, 3.05) is 6.61 Å². The maximum absolute atomic E-state index is 8.83. The lowest BCUT2D eigenvalue weighted by atomic mass is 10.3. The van der Waals surface area contributed by atoms with E-state index in [9.17, 15) is 0 Å². The van der Waals surface area contributed by atoms with Crippen LogP contribution in [0.2, 0.25) is 0 Å². The first-order chi connectivity index (χ1) is 4.34. The summed E-state index contributed by atoms with van der Waals surface area (Å²) in [7, 11) is 0. The van der Waals surface area contributed by atoms with Crippen molar-refractivity contribution in [2.24, 2.45) is 0 Å². The zero-order chi connectivity index (χ0) is 6.69. The molecular weight excluding hydrogens is 122 g/mol. The third-order valence-corrected chi connectivity index (χ3v) is 0.953. The van der Waals surface area contributed by atoms with E-state index in [0.717, 1.165) is 0 Å². The first kappa shape index (κ1) is 6.25. The van der Waals surface area contributed by atoms with Gasteiger partial charge in [-0.1, -0.05) is 0 Å². The number of rotatable bonds is 2.